The Morgan fingerprint density at radius 3 is 2.49 bits per heavy atom. The van der Waals surface area contributed by atoms with Gasteiger partial charge in [-0.3, -0.25) is 9.59 Å². The number of carbonyl (C=O) groups is 2. The number of aromatic nitrogens is 1. The predicted octanol–water partition coefficient (Wildman–Crippen LogP) is 4.86. The number of esters is 1. The third-order valence-electron chi connectivity index (χ3n) is 6.57. The van der Waals surface area contributed by atoms with E-state index in [1.807, 2.05) is 6.07 Å². The minimum atomic E-state index is -4.77. The molecule has 0 bridgehead atoms. The van der Waals surface area contributed by atoms with Crippen molar-refractivity contribution in [1.82, 2.24) is 10.3 Å². The van der Waals surface area contributed by atoms with Gasteiger partial charge in [-0.05, 0) is 62.8 Å². The highest BCUT2D eigenvalue weighted by Gasteiger charge is 2.36. The van der Waals surface area contributed by atoms with Crippen molar-refractivity contribution in [1.29, 1.82) is 5.26 Å². The van der Waals surface area contributed by atoms with Crippen LogP contribution in [0.1, 0.15) is 65.7 Å². The summed E-state index contributed by atoms with van der Waals surface area (Å²) in [4.78, 5) is 28.2. The lowest BCUT2D eigenvalue weighted by atomic mass is 9.82. The number of nitriles is 1. The molecule has 2 aromatic rings. The van der Waals surface area contributed by atoms with E-state index < -0.39 is 29.5 Å². The topological polar surface area (TPSA) is 113 Å². The predicted molar refractivity (Wildman–Crippen MR) is 129 cm³/mol. The van der Waals surface area contributed by atoms with Crippen molar-refractivity contribution in [3.8, 4) is 11.8 Å². The fourth-order valence-corrected chi connectivity index (χ4v) is 4.45. The average molecular weight is 519 g/mol. The van der Waals surface area contributed by atoms with Crippen LogP contribution in [0.15, 0.2) is 30.5 Å². The molecule has 37 heavy (non-hydrogen) atoms. The summed E-state index contributed by atoms with van der Waals surface area (Å²) in [5.41, 5.74) is -0.474. The van der Waals surface area contributed by atoms with E-state index in [0.29, 0.717) is 49.1 Å². The summed E-state index contributed by atoms with van der Waals surface area (Å²) in [7, 11) is 2.78. The van der Waals surface area contributed by atoms with E-state index in [0.717, 1.165) is 12.3 Å². The largest absolute Gasteiger partial charge is 0.496 e. The zero-order valence-electron chi connectivity index (χ0n) is 20.8. The molecule has 1 aromatic heterocycles. The summed E-state index contributed by atoms with van der Waals surface area (Å²) in [6.45, 7) is 1.91. The maximum absolute atomic E-state index is 13.9. The van der Waals surface area contributed by atoms with E-state index in [-0.39, 0.29) is 23.4 Å². The van der Waals surface area contributed by atoms with Crippen molar-refractivity contribution < 1.29 is 32.2 Å². The van der Waals surface area contributed by atoms with Gasteiger partial charge < -0.3 is 20.1 Å². The Labute approximate surface area is 213 Å². The number of methoxy groups -OCH3 is 2. The molecule has 0 unspecified atom stereocenters. The van der Waals surface area contributed by atoms with Gasteiger partial charge >= 0.3 is 12.1 Å². The van der Waals surface area contributed by atoms with Gasteiger partial charge in [-0.15, -0.1) is 0 Å². The van der Waals surface area contributed by atoms with Gasteiger partial charge in [-0.25, -0.2) is 4.98 Å². The first kappa shape index (κ1) is 27.8. The fraction of sp³-hybridized carbons (Fsp3) is 0.462. The molecule has 3 rings (SSSR count). The lowest BCUT2D eigenvalue weighted by Crippen LogP contribution is -2.33. The summed E-state index contributed by atoms with van der Waals surface area (Å²) >= 11 is 0. The van der Waals surface area contributed by atoms with Crippen LogP contribution in [0, 0.1) is 23.2 Å². The average Bonchev–Trinajstić information content (AvgIpc) is 2.90. The Balaban J connectivity index is 1.72. The summed E-state index contributed by atoms with van der Waals surface area (Å²) in [6.07, 6.45) is -0.958. The number of ether oxygens (including phenoxy) is 2. The summed E-state index contributed by atoms with van der Waals surface area (Å²) < 4.78 is 51.8. The lowest BCUT2D eigenvalue weighted by Gasteiger charge is -2.27. The Kier molecular flexibility index (Phi) is 8.97. The Bertz CT molecular complexity index is 1170. The SMILES string of the molecule is COc1ccc(C#N)cc1[C@H](C)Nc1ncc(C(=O)NC[C@H]2CC[C@H](C(=O)OC)CC2)cc1C(F)(F)F. The van der Waals surface area contributed by atoms with E-state index >= 15 is 0 Å². The Morgan fingerprint density at radius 2 is 1.89 bits per heavy atom. The molecule has 2 N–H and O–H groups in total. The highest BCUT2D eigenvalue weighted by atomic mass is 19.4. The molecule has 0 aliphatic heterocycles. The molecule has 1 atom stereocenters. The fourth-order valence-electron chi connectivity index (χ4n) is 4.45. The zero-order chi connectivity index (χ0) is 27.2. The number of hydrogen-bond donors (Lipinski definition) is 2. The van der Waals surface area contributed by atoms with E-state index in [1.165, 1.54) is 20.3 Å². The number of nitrogens with zero attached hydrogens (tertiary/aromatic N) is 2. The molecule has 1 aliphatic carbocycles. The molecule has 0 radical (unpaired) electrons. The number of hydrogen-bond acceptors (Lipinski definition) is 7. The number of pyridine rings is 1. The van der Waals surface area contributed by atoms with E-state index in [9.17, 15) is 28.0 Å². The van der Waals surface area contributed by atoms with Crippen molar-refractivity contribution in [2.75, 3.05) is 26.1 Å². The molecule has 1 amide bonds. The smallest absolute Gasteiger partial charge is 0.419 e. The van der Waals surface area contributed by atoms with Crippen LogP contribution in [0.25, 0.3) is 0 Å². The molecule has 0 spiro atoms. The lowest BCUT2D eigenvalue weighted by molar-refractivity contribution is -0.146. The minimum absolute atomic E-state index is 0.126. The summed E-state index contributed by atoms with van der Waals surface area (Å²) in [5.74, 6) is -0.962. The normalized spacial score (nSPS) is 18.3. The second-order valence-corrected chi connectivity index (χ2v) is 9.00. The van der Waals surface area contributed by atoms with Crippen LogP contribution >= 0.6 is 0 Å². The molecule has 1 saturated carbocycles. The van der Waals surface area contributed by atoms with E-state index in [4.69, 9.17) is 9.47 Å². The number of anilines is 1. The second-order valence-electron chi connectivity index (χ2n) is 9.00. The number of nitrogens with one attached hydrogen (secondary N) is 2. The number of carbonyl (C=O) groups excluding carboxylic acids is 2. The van der Waals surface area contributed by atoms with Crippen molar-refractivity contribution >= 4 is 17.7 Å². The van der Waals surface area contributed by atoms with Crippen LogP contribution in [0.4, 0.5) is 19.0 Å². The number of amides is 1. The van der Waals surface area contributed by atoms with Crippen LogP contribution in [0.5, 0.6) is 5.75 Å². The van der Waals surface area contributed by atoms with Crippen LogP contribution < -0.4 is 15.4 Å². The summed E-state index contributed by atoms with van der Waals surface area (Å²) in [6, 6.07) is 6.73. The molecule has 1 heterocycles. The van der Waals surface area contributed by atoms with Crippen LogP contribution in [0.3, 0.4) is 0 Å². The summed E-state index contributed by atoms with van der Waals surface area (Å²) in [5, 5.41) is 14.6. The molecular weight excluding hydrogens is 489 g/mol. The monoisotopic (exact) mass is 518 g/mol. The molecule has 0 saturated heterocycles. The van der Waals surface area contributed by atoms with Crippen LogP contribution in [-0.4, -0.2) is 37.6 Å². The molecular formula is C26H29F3N4O4. The third-order valence-corrected chi connectivity index (χ3v) is 6.57. The Morgan fingerprint density at radius 1 is 1.19 bits per heavy atom. The quantitative estimate of drug-likeness (QED) is 0.480. The highest BCUT2D eigenvalue weighted by molar-refractivity contribution is 5.94. The van der Waals surface area contributed by atoms with Gasteiger partial charge in [0.25, 0.3) is 5.91 Å². The van der Waals surface area contributed by atoms with Gasteiger partial charge in [-0.1, -0.05) is 0 Å². The molecule has 8 nitrogen and oxygen atoms in total. The van der Waals surface area contributed by atoms with Gasteiger partial charge in [0.2, 0.25) is 0 Å². The standard InChI is InChI=1S/C26H29F3N4O4/c1-15(20-10-17(12-30)6-9-22(20)36-2)33-23-21(26(27,28)29)11-19(14-31-23)24(34)32-13-16-4-7-18(8-5-16)25(35)37-3/h6,9-11,14-16,18H,4-5,7-8,13H2,1-3H3,(H,31,33)(H,32,34)/t15-,16-,18-/m0/s1. The molecule has 1 aromatic carbocycles. The number of rotatable bonds is 8. The van der Waals surface area contributed by atoms with Crippen molar-refractivity contribution in [2.24, 2.45) is 11.8 Å². The first-order valence-corrected chi connectivity index (χ1v) is 11.8. The minimum Gasteiger partial charge on any atom is -0.496 e. The van der Waals surface area contributed by atoms with E-state index in [1.54, 1.807) is 19.1 Å². The zero-order valence-corrected chi connectivity index (χ0v) is 20.8. The first-order valence-electron chi connectivity index (χ1n) is 11.8. The van der Waals surface area contributed by atoms with Crippen molar-refractivity contribution in [3.63, 3.8) is 0 Å². The molecule has 1 aliphatic rings. The van der Waals surface area contributed by atoms with Crippen LogP contribution in [0.2, 0.25) is 0 Å². The number of benzene rings is 1. The van der Waals surface area contributed by atoms with E-state index in [2.05, 4.69) is 15.6 Å². The highest BCUT2D eigenvalue weighted by Crippen LogP contribution is 2.37. The molecule has 11 heteroatoms. The maximum Gasteiger partial charge on any atom is 0.419 e. The van der Waals surface area contributed by atoms with Gasteiger partial charge in [0.1, 0.15) is 11.6 Å². The first-order chi connectivity index (χ1) is 17.6. The number of halogens is 3. The van der Waals surface area contributed by atoms with Gasteiger partial charge in [-0.2, -0.15) is 18.4 Å². The van der Waals surface area contributed by atoms with Gasteiger partial charge in [0.05, 0.1) is 48.9 Å². The van der Waals surface area contributed by atoms with Crippen LogP contribution in [-0.2, 0) is 15.7 Å². The molecule has 198 valence electrons. The van der Waals surface area contributed by atoms with Gasteiger partial charge in [0.15, 0.2) is 0 Å². The van der Waals surface area contributed by atoms with Crippen molar-refractivity contribution in [3.05, 3.63) is 52.7 Å². The Hall–Kier alpha value is -3.81. The second kappa shape index (κ2) is 12.0. The van der Waals surface area contributed by atoms with Crippen molar-refractivity contribution in [2.45, 2.75) is 44.8 Å². The van der Waals surface area contributed by atoms with Gasteiger partial charge in [0, 0.05) is 18.3 Å². The molecule has 1 fully saturated rings. The maximum atomic E-state index is 13.9. The third kappa shape index (κ3) is 6.90. The number of alkyl halides is 3.